The number of halogens is 2. The fourth-order valence-electron chi connectivity index (χ4n) is 1.17. The van der Waals surface area contributed by atoms with Gasteiger partial charge in [-0.05, 0) is 17.7 Å². The molecule has 0 aliphatic rings. The van der Waals surface area contributed by atoms with Gasteiger partial charge in [0.15, 0.2) is 0 Å². The molecule has 1 aromatic carbocycles. The van der Waals surface area contributed by atoms with Crippen LogP contribution in [0.3, 0.4) is 0 Å². The fraction of sp³-hybridized carbons (Fsp3) is 0.200. The number of rotatable bonds is 2. The highest BCUT2D eigenvalue weighted by molar-refractivity contribution is 9.10. The topological polar surface area (TPSA) is 50.1 Å². The van der Waals surface area contributed by atoms with Gasteiger partial charge in [0.25, 0.3) is 0 Å². The van der Waals surface area contributed by atoms with Crippen LogP contribution < -0.4 is 0 Å². The van der Waals surface area contributed by atoms with E-state index in [4.69, 9.17) is 16.9 Å². The molecule has 1 rings (SSSR count). The first kappa shape index (κ1) is 12.0. The van der Waals surface area contributed by atoms with E-state index < -0.39 is 5.97 Å². The number of nitriles is 1. The fourth-order valence-corrected chi connectivity index (χ4v) is 1.92. The number of nitrogens with zero attached hydrogens (tertiary/aromatic N) is 1. The summed E-state index contributed by atoms with van der Waals surface area (Å²) in [6.45, 7) is 0. The summed E-state index contributed by atoms with van der Waals surface area (Å²) in [7, 11) is 1.29. The lowest BCUT2D eigenvalue weighted by atomic mass is 10.0. The zero-order chi connectivity index (χ0) is 11.4. The molecular weight excluding hydrogens is 281 g/mol. The van der Waals surface area contributed by atoms with Crippen molar-refractivity contribution in [2.75, 3.05) is 7.11 Å². The molecule has 5 heteroatoms. The molecule has 15 heavy (non-hydrogen) atoms. The highest BCUT2D eigenvalue weighted by Crippen LogP contribution is 2.23. The summed E-state index contributed by atoms with van der Waals surface area (Å²) in [6.07, 6.45) is 0. The molecule has 0 saturated carbocycles. The average Bonchev–Trinajstić information content (AvgIpc) is 2.26. The van der Waals surface area contributed by atoms with E-state index in [1.807, 2.05) is 6.07 Å². The number of benzene rings is 1. The van der Waals surface area contributed by atoms with Crippen LogP contribution in [0.4, 0.5) is 0 Å². The number of methoxy groups -OCH3 is 1. The minimum Gasteiger partial charge on any atom is -0.465 e. The van der Waals surface area contributed by atoms with Crippen molar-refractivity contribution in [2.45, 2.75) is 5.88 Å². The molecule has 0 unspecified atom stereocenters. The van der Waals surface area contributed by atoms with E-state index in [-0.39, 0.29) is 5.88 Å². The second kappa shape index (κ2) is 5.15. The largest absolute Gasteiger partial charge is 0.465 e. The lowest BCUT2D eigenvalue weighted by molar-refractivity contribution is 0.0599. The zero-order valence-electron chi connectivity index (χ0n) is 7.88. The van der Waals surface area contributed by atoms with Crippen molar-refractivity contribution in [1.29, 1.82) is 5.26 Å². The van der Waals surface area contributed by atoms with Gasteiger partial charge in [-0.3, -0.25) is 0 Å². The lowest BCUT2D eigenvalue weighted by Crippen LogP contribution is -2.06. The minimum absolute atomic E-state index is 0.0978. The van der Waals surface area contributed by atoms with Gasteiger partial charge in [0, 0.05) is 10.4 Å². The SMILES string of the molecule is COC(=O)c1cc(Br)cc(C#N)c1CCl. The third kappa shape index (κ3) is 2.49. The molecule has 1 aromatic rings. The smallest absolute Gasteiger partial charge is 0.338 e. The maximum absolute atomic E-state index is 11.4. The Morgan fingerprint density at radius 2 is 2.33 bits per heavy atom. The molecule has 0 bridgehead atoms. The normalized spacial score (nSPS) is 9.47. The van der Waals surface area contributed by atoms with Crippen molar-refractivity contribution in [2.24, 2.45) is 0 Å². The predicted molar refractivity (Wildman–Crippen MR) is 59.8 cm³/mol. The number of esters is 1. The molecule has 0 amide bonds. The second-order valence-corrected chi connectivity index (χ2v) is 3.90. The Labute approximate surface area is 101 Å². The van der Waals surface area contributed by atoms with Crippen LogP contribution >= 0.6 is 27.5 Å². The van der Waals surface area contributed by atoms with Gasteiger partial charge in [0.1, 0.15) is 0 Å². The Bertz CT molecular complexity index is 440. The summed E-state index contributed by atoms with van der Waals surface area (Å²) in [6, 6.07) is 5.19. The zero-order valence-corrected chi connectivity index (χ0v) is 10.2. The molecule has 0 aliphatic heterocycles. The highest BCUT2D eigenvalue weighted by Gasteiger charge is 2.15. The number of carbonyl (C=O) groups is 1. The summed E-state index contributed by atoms with van der Waals surface area (Å²) < 4.78 is 5.25. The third-order valence-electron chi connectivity index (χ3n) is 1.87. The standard InChI is InChI=1S/C10H7BrClNO2/c1-15-10(14)8-3-7(11)2-6(5-13)9(8)4-12/h2-3H,4H2,1H3. The number of hydrogen-bond donors (Lipinski definition) is 0. The van der Waals surface area contributed by atoms with E-state index >= 15 is 0 Å². The third-order valence-corrected chi connectivity index (χ3v) is 2.60. The van der Waals surface area contributed by atoms with Crippen molar-refractivity contribution >= 4 is 33.5 Å². The molecule has 0 radical (unpaired) electrons. The first-order valence-electron chi connectivity index (χ1n) is 4.00. The van der Waals surface area contributed by atoms with Gasteiger partial charge in [0.2, 0.25) is 0 Å². The Kier molecular flexibility index (Phi) is 4.13. The van der Waals surface area contributed by atoms with Crippen LogP contribution in [0.2, 0.25) is 0 Å². The molecule has 0 N–H and O–H groups in total. The summed E-state index contributed by atoms with van der Waals surface area (Å²) in [5.41, 5.74) is 1.19. The molecule has 0 heterocycles. The summed E-state index contributed by atoms with van der Waals surface area (Å²) in [5.74, 6) is -0.399. The van der Waals surface area contributed by atoms with Gasteiger partial charge in [-0.1, -0.05) is 15.9 Å². The molecule has 3 nitrogen and oxygen atoms in total. The van der Waals surface area contributed by atoms with Gasteiger partial charge >= 0.3 is 5.97 Å². The maximum atomic E-state index is 11.4. The number of ether oxygens (including phenoxy) is 1. The Balaban J connectivity index is 3.43. The number of hydrogen-bond acceptors (Lipinski definition) is 3. The van der Waals surface area contributed by atoms with Crippen LogP contribution in [0, 0.1) is 11.3 Å². The molecule has 78 valence electrons. The first-order chi connectivity index (χ1) is 7.13. The maximum Gasteiger partial charge on any atom is 0.338 e. The molecule has 0 atom stereocenters. The number of alkyl halides is 1. The molecule has 0 spiro atoms. The Morgan fingerprint density at radius 3 is 2.80 bits per heavy atom. The van der Waals surface area contributed by atoms with E-state index in [2.05, 4.69) is 20.7 Å². The van der Waals surface area contributed by atoms with Crippen molar-refractivity contribution in [3.8, 4) is 6.07 Å². The van der Waals surface area contributed by atoms with Crippen molar-refractivity contribution in [3.05, 3.63) is 33.3 Å². The average molecular weight is 289 g/mol. The van der Waals surface area contributed by atoms with Crippen molar-refractivity contribution < 1.29 is 9.53 Å². The molecule has 0 aromatic heterocycles. The van der Waals surface area contributed by atoms with E-state index in [0.717, 1.165) is 0 Å². The van der Waals surface area contributed by atoms with Crippen molar-refractivity contribution in [1.82, 2.24) is 0 Å². The van der Waals surface area contributed by atoms with Crippen LogP contribution in [0.1, 0.15) is 21.5 Å². The number of carbonyl (C=O) groups excluding carboxylic acids is 1. The summed E-state index contributed by atoms with van der Waals surface area (Å²) in [5, 5.41) is 8.87. The van der Waals surface area contributed by atoms with E-state index in [1.54, 1.807) is 12.1 Å². The Hall–Kier alpha value is -1.05. The van der Waals surface area contributed by atoms with Crippen molar-refractivity contribution in [3.63, 3.8) is 0 Å². The van der Waals surface area contributed by atoms with Crippen LogP contribution in [0.5, 0.6) is 0 Å². The van der Waals surface area contributed by atoms with Crippen LogP contribution in [0.25, 0.3) is 0 Å². The highest BCUT2D eigenvalue weighted by atomic mass is 79.9. The summed E-state index contributed by atoms with van der Waals surface area (Å²) >= 11 is 8.91. The first-order valence-corrected chi connectivity index (χ1v) is 5.33. The molecule has 0 fully saturated rings. The lowest BCUT2D eigenvalue weighted by Gasteiger charge is -2.07. The monoisotopic (exact) mass is 287 g/mol. The minimum atomic E-state index is -0.497. The van der Waals surface area contributed by atoms with Crippen LogP contribution in [0.15, 0.2) is 16.6 Å². The molecule has 0 saturated heterocycles. The van der Waals surface area contributed by atoms with Gasteiger partial charge in [0.05, 0.1) is 24.3 Å². The van der Waals surface area contributed by atoms with Gasteiger partial charge in [-0.15, -0.1) is 11.6 Å². The van der Waals surface area contributed by atoms with Crippen LogP contribution in [-0.2, 0) is 10.6 Å². The van der Waals surface area contributed by atoms with Gasteiger partial charge in [-0.2, -0.15) is 5.26 Å². The quantitative estimate of drug-likeness (QED) is 0.621. The molecule has 0 aliphatic carbocycles. The Morgan fingerprint density at radius 1 is 1.67 bits per heavy atom. The van der Waals surface area contributed by atoms with Crippen LogP contribution in [-0.4, -0.2) is 13.1 Å². The van der Waals surface area contributed by atoms with Gasteiger partial charge < -0.3 is 4.74 Å². The molecular formula is C10H7BrClNO2. The second-order valence-electron chi connectivity index (χ2n) is 2.72. The van der Waals surface area contributed by atoms with Gasteiger partial charge in [-0.25, -0.2) is 4.79 Å². The van der Waals surface area contributed by atoms with E-state index in [9.17, 15) is 4.79 Å². The van der Waals surface area contributed by atoms with E-state index in [0.29, 0.717) is 21.2 Å². The van der Waals surface area contributed by atoms with E-state index in [1.165, 1.54) is 7.11 Å². The summed E-state index contributed by atoms with van der Waals surface area (Å²) in [4.78, 5) is 11.4. The predicted octanol–water partition coefficient (Wildman–Crippen LogP) is 2.85.